The quantitative estimate of drug-likeness (QED) is 0.200. The number of carbonyl (C=O) groups excluding carboxylic acids is 1. The predicted molar refractivity (Wildman–Crippen MR) is 110 cm³/mol. The van der Waals surface area contributed by atoms with Crippen LogP contribution in [0, 0.1) is 0 Å². The molecule has 12 heteroatoms. The molecule has 0 aliphatic rings. The van der Waals surface area contributed by atoms with Gasteiger partial charge in [0.2, 0.25) is 11.7 Å². The van der Waals surface area contributed by atoms with Crippen molar-refractivity contribution in [3.8, 4) is 17.4 Å². The standard InChI is InChI=1S/C20H16N8O4/c21-23-19(30)11-5-6-12(22-8-11)10-31-20-15-4-2-1-3-14(15)17-24-25-18(28(17)26-20)16-7-13(9-29)32-27-16/h1-8,29H,9-10,21H2,(H,23,30). The van der Waals surface area contributed by atoms with E-state index in [0.717, 1.165) is 10.8 Å². The average molecular weight is 432 g/mol. The second kappa shape index (κ2) is 8.02. The number of fused-ring (bicyclic) bond motifs is 3. The number of pyridine rings is 1. The lowest BCUT2D eigenvalue weighted by atomic mass is 10.2. The Morgan fingerprint density at radius 2 is 2.03 bits per heavy atom. The lowest BCUT2D eigenvalue weighted by Crippen LogP contribution is -2.30. The van der Waals surface area contributed by atoms with Crippen LogP contribution in [-0.2, 0) is 13.2 Å². The Morgan fingerprint density at radius 1 is 1.19 bits per heavy atom. The highest BCUT2D eigenvalue weighted by molar-refractivity contribution is 5.97. The van der Waals surface area contributed by atoms with Crippen LogP contribution >= 0.6 is 0 Å². The van der Waals surface area contributed by atoms with E-state index in [1.165, 1.54) is 10.7 Å². The van der Waals surface area contributed by atoms with Crippen LogP contribution in [0.4, 0.5) is 0 Å². The highest BCUT2D eigenvalue weighted by Gasteiger charge is 2.19. The predicted octanol–water partition coefficient (Wildman–Crippen LogP) is 1.00. The minimum absolute atomic E-state index is 0.114. The number of nitrogens with one attached hydrogen (secondary N) is 1. The molecular weight excluding hydrogens is 416 g/mol. The van der Waals surface area contributed by atoms with E-state index in [9.17, 15) is 9.90 Å². The minimum Gasteiger partial charge on any atom is -0.470 e. The average Bonchev–Trinajstić information content (AvgIpc) is 3.49. The molecule has 0 saturated heterocycles. The molecule has 0 atom stereocenters. The summed E-state index contributed by atoms with van der Waals surface area (Å²) in [5.41, 5.74) is 3.89. The molecule has 0 bridgehead atoms. The number of nitrogens with two attached hydrogens (primary N) is 1. The van der Waals surface area contributed by atoms with Crippen LogP contribution in [0.15, 0.2) is 53.2 Å². The Morgan fingerprint density at radius 3 is 2.75 bits per heavy atom. The summed E-state index contributed by atoms with van der Waals surface area (Å²) >= 11 is 0. The molecule has 5 rings (SSSR count). The van der Waals surface area contributed by atoms with Crippen LogP contribution in [0.5, 0.6) is 5.88 Å². The van der Waals surface area contributed by atoms with Gasteiger partial charge in [0, 0.05) is 23.0 Å². The lowest BCUT2D eigenvalue weighted by Gasteiger charge is -2.09. The number of hydrogen-bond donors (Lipinski definition) is 3. The van der Waals surface area contributed by atoms with E-state index in [2.05, 4.69) is 30.9 Å². The third-order valence-corrected chi connectivity index (χ3v) is 4.75. The Kier molecular flexibility index (Phi) is 4.89. The smallest absolute Gasteiger partial charge is 0.266 e. The molecule has 0 saturated carbocycles. The third kappa shape index (κ3) is 3.38. The molecule has 0 radical (unpaired) electrons. The van der Waals surface area contributed by atoms with Crippen molar-refractivity contribution in [2.75, 3.05) is 0 Å². The van der Waals surface area contributed by atoms with Gasteiger partial charge in [-0.05, 0) is 18.2 Å². The summed E-state index contributed by atoms with van der Waals surface area (Å²) in [7, 11) is 0. The van der Waals surface area contributed by atoms with Crippen molar-refractivity contribution in [2.24, 2.45) is 5.84 Å². The van der Waals surface area contributed by atoms with Gasteiger partial charge in [-0.3, -0.25) is 15.2 Å². The summed E-state index contributed by atoms with van der Waals surface area (Å²) in [5.74, 6) is 5.68. The van der Waals surface area contributed by atoms with Gasteiger partial charge in [-0.15, -0.1) is 15.3 Å². The number of hydrogen-bond acceptors (Lipinski definition) is 10. The number of rotatable bonds is 6. The summed E-state index contributed by atoms with van der Waals surface area (Å²) in [6.45, 7) is -0.170. The van der Waals surface area contributed by atoms with Crippen molar-refractivity contribution in [3.05, 3.63) is 65.7 Å². The van der Waals surface area contributed by atoms with E-state index in [4.69, 9.17) is 15.1 Å². The van der Waals surface area contributed by atoms with E-state index in [1.54, 1.807) is 18.2 Å². The maximum atomic E-state index is 11.6. The molecule has 0 spiro atoms. The number of amides is 1. The molecule has 12 nitrogen and oxygen atoms in total. The Hall–Kier alpha value is -4.42. The number of nitrogens with zero attached hydrogens (tertiary/aromatic N) is 6. The number of ether oxygens (including phenoxy) is 1. The van der Waals surface area contributed by atoms with Gasteiger partial charge in [0.1, 0.15) is 13.2 Å². The SMILES string of the molecule is NNC(=O)c1ccc(COc2nn3c(-c4cc(CO)on4)nnc3c3ccccc23)nc1. The van der Waals surface area contributed by atoms with Gasteiger partial charge in [-0.1, -0.05) is 23.4 Å². The van der Waals surface area contributed by atoms with Crippen molar-refractivity contribution >= 4 is 22.3 Å². The number of carbonyl (C=O) groups is 1. The maximum absolute atomic E-state index is 11.6. The fourth-order valence-corrected chi connectivity index (χ4v) is 3.18. The Bertz CT molecular complexity index is 1430. The first-order valence-electron chi connectivity index (χ1n) is 9.47. The van der Waals surface area contributed by atoms with Gasteiger partial charge < -0.3 is 14.4 Å². The fraction of sp³-hybridized carbons (Fsp3) is 0.100. The summed E-state index contributed by atoms with van der Waals surface area (Å²) < 4.78 is 12.5. The number of benzene rings is 1. The number of hydrazine groups is 1. The van der Waals surface area contributed by atoms with E-state index >= 15 is 0 Å². The van der Waals surface area contributed by atoms with Gasteiger partial charge in [0.25, 0.3) is 5.91 Å². The summed E-state index contributed by atoms with van der Waals surface area (Å²) in [6.07, 6.45) is 1.41. The second-order valence-corrected chi connectivity index (χ2v) is 6.75. The van der Waals surface area contributed by atoms with E-state index in [1.807, 2.05) is 24.3 Å². The monoisotopic (exact) mass is 432 g/mol. The van der Waals surface area contributed by atoms with Gasteiger partial charge in [0.15, 0.2) is 17.1 Å². The number of aliphatic hydroxyl groups excluding tert-OH is 1. The summed E-state index contributed by atoms with van der Waals surface area (Å²) in [6, 6.07) is 12.3. The Balaban J connectivity index is 1.52. The second-order valence-electron chi connectivity index (χ2n) is 6.75. The van der Waals surface area contributed by atoms with Gasteiger partial charge >= 0.3 is 0 Å². The zero-order valence-corrected chi connectivity index (χ0v) is 16.5. The number of aliphatic hydroxyl groups is 1. The molecule has 4 heterocycles. The van der Waals surface area contributed by atoms with Crippen LogP contribution in [-0.4, -0.2) is 41.0 Å². The third-order valence-electron chi connectivity index (χ3n) is 4.75. The number of nitrogen functional groups attached to an aromatic ring is 1. The van der Waals surface area contributed by atoms with Crippen molar-refractivity contribution in [1.82, 2.24) is 35.4 Å². The van der Waals surface area contributed by atoms with Gasteiger partial charge in [-0.25, -0.2) is 5.84 Å². The van der Waals surface area contributed by atoms with E-state index < -0.39 is 5.91 Å². The molecule has 0 aliphatic carbocycles. The minimum atomic E-state index is -0.430. The normalized spacial score (nSPS) is 11.2. The molecule has 4 N–H and O–H groups in total. The zero-order chi connectivity index (χ0) is 22.1. The topological polar surface area (TPSA) is 167 Å². The zero-order valence-electron chi connectivity index (χ0n) is 16.5. The van der Waals surface area contributed by atoms with Crippen molar-refractivity contribution in [2.45, 2.75) is 13.2 Å². The van der Waals surface area contributed by atoms with Crippen LogP contribution in [0.1, 0.15) is 21.8 Å². The molecule has 4 aromatic heterocycles. The van der Waals surface area contributed by atoms with Gasteiger partial charge in [-0.2, -0.15) is 4.52 Å². The van der Waals surface area contributed by atoms with Crippen molar-refractivity contribution in [1.29, 1.82) is 0 Å². The van der Waals surface area contributed by atoms with E-state index in [-0.39, 0.29) is 13.2 Å². The molecular formula is C20H16N8O4. The molecule has 32 heavy (non-hydrogen) atoms. The van der Waals surface area contributed by atoms with Crippen LogP contribution in [0.25, 0.3) is 27.9 Å². The van der Waals surface area contributed by atoms with Gasteiger partial charge in [0.05, 0.1) is 11.3 Å². The highest BCUT2D eigenvalue weighted by atomic mass is 16.5. The summed E-state index contributed by atoms with van der Waals surface area (Å²) in [5, 5.41) is 27.7. The van der Waals surface area contributed by atoms with Crippen molar-refractivity contribution < 1.29 is 19.2 Å². The molecule has 160 valence electrons. The molecule has 5 aromatic rings. The molecule has 1 aromatic carbocycles. The fourth-order valence-electron chi connectivity index (χ4n) is 3.18. The lowest BCUT2D eigenvalue weighted by molar-refractivity contribution is 0.0953. The Labute approximate surface area is 179 Å². The highest BCUT2D eigenvalue weighted by Crippen LogP contribution is 2.29. The van der Waals surface area contributed by atoms with Crippen molar-refractivity contribution in [3.63, 3.8) is 0 Å². The molecule has 0 unspecified atom stereocenters. The maximum Gasteiger partial charge on any atom is 0.266 e. The number of aromatic nitrogens is 6. The molecule has 0 fully saturated rings. The largest absolute Gasteiger partial charge is 0.470 e. The first-order chi connectivity index (χ1) is 15.7. The first kappa shape index (κ1) is 19.5. The summed E-state index contributed by atoms with van der Waals surface area (Å²) in [4.78, 5) is 15.8. The van der Waals surface area contributed by atoms with Crippen LogP contribution < -0.4 is 16.0 Å². The first-order valence-corrected chi connectivity index (χ1v) is 9.47. The van der Waals surface area contributed by atoms with Crippen LogP contribution in [0.2, 0.25) is 0 Å². The van der Waals surface area contributed by atoms with E-state index in [0.29, 0.717) is 40.1 Å². The molecule has 0 aliphatic heterocycles. The van der Waals surface area contributed by atoms with Crippen LogP contribution in [0.3, 0.4) is 0 Å². The molecule has 1 amide bonds.